The summed E-state index contributed by atoms with van der Waals surface area (Å²) in [6.07, 6.45) is 0.488. The molecule has 1 heterocycles. The Morgan fingerprint density at radius 1 is 1.17 bits per heavy atom. The quantitative estimate of drug-likeness (QED) is 0.493. The predicted octanol–water partition coefficient (Wildman–Crippen LogP) is 4.13. The van der Waals surface area contributed by atoms with Gasteiger partial charge in [-0.2, -0.15) is 5.10 Å². The fraction of sp³-hybridized carbons (Fsp3) is 0.0667. The Balaban J connectivity index is 2.13. The van der Waals surface area contributed by atoms with Crippen molar-refractivity contribution >= 4 is 51.8 Å². The number of thiocarbonyl (C=S) groups is 1. The number of hydrogen-bond donors (Lipinski definition) is 1. The average Bonchev–Trinajstić information content (AvgIpc) is 2.67. The molecule has 0 aliphatic carbocycles. The van der Waals surface area contributed by atoms with Crippen LogP contribution in [0.4, 0.5) is 5.69 Å². The highest BCUT2D eigenvalue weighted by Crippen LogP contribution is 2.29. The first-order chi connectivity index (χ1) is 11.0. The van der Waals surface area contributed by atoms with E-state index in [2.05, 4.69) is 10.5 Å². The zero-order chi connectivity index (χ0) is 16.6. The Kier molecular flexibility index (Phi) is 4.30. The summed E-state index contributed by atoms with van der Waals surface area (Å²) in [4.78, 5) is 10.9. The van der Waals surface area contributed by atoms with Crippen molar-refractivity contribution in [3.63, 3.8) is 0 Å². The largest absolute Gasteiger partial charge is 0.271 e. The molecule has 23 heavy (non-hydrogen) atoms. The second-order valence-corrected chi connectivity index (χ2v) is 6.21. The maximum Gasteiger partial charge on any atom is 0.269 e. The second-order valence-electron chi connectivity index (χ2n) is 4.90. The summed E-state index contributed by atoms with van der Waals surface area (Å²) in [7, 11) is 0. The van der Waals surface area contributed by atoms with Gasteiger partial charge in [0.1, 0.15) is 4.99 Å². The molecule has 1 N–H and O–H groups in total. The van der Waals surface area contributed by atoms with Crippen LogP contribution in [-0.4, -0.2) is 15.6 Å². The van der Waals surface area contributed by atoms with Crippen molar-refractivity contribution in [1.82, 2.24) is 5.43 Å². The minimum atomic E-state index is -0.448. The molecule has 0 saturated carbocycles. The number of hydrazone groups is 1. The molecule has 1 aliphatic rings. The minimum absolute atomic E-state index is 0.0146. The van der Waals surface area contributed by atoms with Crippen LogP contribution in [0.3, 0.4) is 0 Å². The van der Waals surface area contributed by atoms with Crippen molar-refractivity contribution in [2.24, 2.45) is 5.10 Å². The first kappa shape index (κ1) is 15.9. The third-order valence-electron chi connectivity index (χ3n) is 3.40. The molecule has 0 fully saturated rings. The average molecular weight is 366 g/mol. The van der Waals surface area contributed by atoms with Crippen molar-refractivity contribution in [1.29, 1.82) is 0 Å². The number of halogens is 2. The Morgan fingerprint density at radius 3 is 2.48 bits per heavy atom. The SMILES string of the molecule is O=[N+]([O-])c1ccc(C2=NNC(=S)Cc3cc(Cl)c(Cl)cc32)cc1. The van der Waals surface area contributed by atoms with E-state index in [1.165, 1.54) is 12.1 Å². The van der Waals surface area contributed by atoms with Crippen molar-refractivity contribution in [2.75, 3.05) is 0 Å². The number of non-ortho nitro benzene ring substituents is 1. The number of rotatable bonds is 2. The summed E-state index contributed by atoms with van der Waals surface area (Å²) in [5, 5.41) is 15.9. The van der Waals surface area contributed by atoms with Gasteiger partial charge in [0.25, 0.3) is 5.69 Å². The van der Waals surface area contributed by atoms with Gasteiger partial charge in [-0.05, 0) is 29.8 Å². The predicted molar refractivity (Wildman–Crippen MR) is 94.6 cm³/mol. The lowest BCUT2D eigenvalue weighted by molar-refractivity contribution is -0.384. The van der Waals surface area contributed by atoms with Gasteiger partial charge in [0.05, 0.1) is 20.7 Å². The number of fused-ring (bicyclic) bond motifs is 1. The highest BCUT2D eigenvalue weighted by Gasteiger charge is 2.19. The van der Waals surface area contributed by atoms with Crippen LogP contribution in [0.5, 0.6) is 0 Å². The lowest BCUT2D eigenvalue weighted by Crippen LogP contribution is -2.16. The molecule has 3 rings (SSSR count). The zero-order valence-corrected chi connectivity index (χ0v) is 13.9. The number of nitrogens with zero attached hydrogens (tertiary/aromatic N) is 2. The van der Waals surface area contributed by atoms with Crippen LogP contribution in [0.2, 0.25) is 10.0 Å². The number of nitrogens with one attached hydrogen (secondary N) is 1. The molecular formula is C15H9Cl2N3O2S. The van der Waals surface area contributed by atoms with E-state index >= 15 is 0 Å². The molecule has 0 unspecified atom stereocenters. The van der Waals surface area contributed by atoms with Crippen molar-refractivity contribution in [3.05, 3.63) is 73.2 Å². The first-order valence-electron chi connectivity index (χ1n) is 6.55. The monoisotopic (exact) mass is 365 g/mol. The molecule has 1 aliphatic heterocycles. The second kappa shape index (κ2) is 6.23. The van der Waals surface area contributed by atoms with Gasteiger partial charge < -0.3 is 0 Å². The summed E-state index contributed by atoms with van der Waals surface area (Å²) >= 11 is 17.4. The molecule has 0 spiro atoms. The van der Waals surface area contributed by atoms with E-state index < -0.39 is 4.92 Å². The standard InChI is InChI=1S/C15H9Cl2N3O2S/c16-12-5-9-6-14(23)18-19-15(11(9)7-13(12)17)8-1-3-10(4-2-8)20(21)22/h1-5,7H,6H2,(H,18,23). The molecular weight excluding hydrogens is 357 g/mol. The Morgan fingerprint density at radius 2 is 1.83 bits per heavy atom. The Hall–Kier alpha value is -2.02. The molecule has 0 saturated heterocycles. The van der Waals surface area contributed by atoms with Crippen LogP contribution in [0, 0.1) is 10.1 Å². The van der Waals surface area contributed by atoms with Gasteiger partial charge in [-0.15, -0.1) is 0 Å². The summed E-state index contributed by atoms with van der Waals surface area (Å²) in [5.41, 5.74) is 5.84. The van der Waals surface area contributed by atoms with Crippen LogP contribution >= 0.6 is 35.4 Å². The number of benzene rings is 2. The molecule has 2 aromatic rings. The van der Waals surface area contributed by atoms with Gasteiger partial charge in [0, 0.05) is 29.7 Å². The maximum atomic E-state index is 10.8. The third kappa shape index (κ3) is 3.19. The van der Waals surface area contributed by atoms with Crippen molar-refractivity contribution in [3.8, 4) is 0 Å². The Bertz CT molecular complexity index is 851. The van der Waals surface area contributed by atoms with E-state index in [-0.39, 0.29) is 5.69 Å². The molecule has 5 nitrogen and oxygen atoms in total. The van der Waals surface area contributed by atoms with Gasteiger partial charge in [-0.1, -0.05) is 35.4 Å². The van der Waals surface area contributed by atoms with Gasteiger partial charge >= 0.3 is 0 Å². The molecule has 0 atom stereocenters. The van der Waals surface area contributed by atoms with Crippen LogP contribution in [0.15, 0.2) is 41.5 Å². The Labute approximate surface area is 147 Å². The van der Waals surface area contributed by atoms with E-state index in [4.69, 9.17) is 35.4 Å². The molecule has 0 amide bonds. The fourth-order valence-corrected chi connectivity index (χ4v) is 2.86. The van der Waals surface area contributed by atoms with Gasteiger partial charge in [-0.25, -0.2) is 0 Å². The van der Waals surface area contributed by atoms with E-state index in [1.54, 1.807) is 24.3 Å². The van der Waals surface area contributed by atoms with E-state index in [0.29, 0.717) is 32.7 Å². The molecule has 8 heteroatoms. The van der Waals surface area contributed by atoms with Crippen molar-refractivity contribution < 1.29 is 4.92 Å². The van der Waals surface area contributed by atoms with Crippen LogP contribution in [-0.2, 0) is 6.42 Å². The normalized spacial score (nSPS) is 13.7. The molecule has 0 bridgehead atoms. The van der Waals surface area contributed by atoms with Crippen LogP contribution in [0.25, 0.3) is 0 Å². The molecule has 0 radical (unpaired) electrons. The summed E-state index contributed by atoms with van der Waals surface area (Å²) in [6.45, 7) is 0. The number of nitro benzene ring substituents is 1. The molecule has 116 valence electrons. The highest BCUT2D eigenvalue weighted by atomic mass is 35.5. The number of nitro groups is 1. The lowest BCUT2D eigenvalue weighted by Gasteiger charge is -2.10. The summed E-state index contributed by atoms with van der Waals surface area (Å²) < 4.78 is 0. The van der Waals surface area contributed by atoms with E-state index in [0.717, 1.165) is 11.1 Å². The summed E-state index contributed by atoms with van der Waals surface area (Å²) in [5.74, 6) is 0. The zero-order valence-electron chi connectivity index (χ0n) is 11.5. The van der Waals surface area contributed by atoms with Gasteiger partial charge in [-0.3, -0.25) is 15.5 Å². The van der Waals surface area contributed by atoms with E-state index in [1.807, 2.05) is 0 Å². The molecule has 0 aromatic heterocycles. The van der Waals surface area contributed by atoms with Crippen LogP contribution < -0.4 is 5.43 Å². The fourth-order valence-electron chi connectivity index (χ4n) is 2.31. The third-order valence-corrected chi connectivity index (χ3v) is 4.35. The first-order valence-corrected chi connectivity index (χ1v) is 7.72. The minimum Gasteiger partial charge on any atom is -0.271 e. The summed E-state index contributed by atoms with van der Waals surface area (Å²) in [6, 6.07) is 9.63. The van der Waals surface area contributed by atoms with Crippen LogP contribution in [0.1, 0.15) is 16.7 Å². The maximum absolute atomic E-state index is 10.8. The molecule has 2 aromatic carbocycles. The highest BCUT2D eigenvalue weighted by molar-refractivity contribution is 7.80. The number of hydrogen-bond acceptors (Lipinski definition) is 4. The van der Waals surface area contributed by atoms with Gasteiger partial charge in [0.2, 0.25) is 0 Å². The lowest BCUT2D eigenvalue weighted by atomic mass is 9.96. The topological polar surface area (TPSA) is 67.5 Å². The smallest absolute Gasteiger partial charge is 0.269 e. The van der Waals surface area contributed by atoms with Gasteiger partial charge in [0.15, 0.2) is 0 Å². The van der Waals surface area contributed by atoms with Crippen molar-refractivity contribution in [2.45, 2.75) is 6.42 Å². The van der Waals surface area contributed by atoms with E-state index in [9.17, 15) is 10.1 Å².